The topological polar surface area (TPSA) is 24.9 Å². The zero-order chi connectivity index (χ0) is 14.5. The zero-order valence-electron chi connectivity index (χ0n) is 12.0. The molecule has 2 aromatic carbocycles. The fourth-order valence-corrected chi connectivity index (χ4v) is 4.29. The lowest BCUT2D eigenvalue weighted by Crippen LogP contribution is -2.14. The van der Waals surface area contributed by atoms with Crippen molar-refractivity contribution in [1.82, 2.24) is 10.3 Å². The molecule has 0 radical (unpaired) electrons. The summed E-state index contributed by atoms with van der Waals surface area (Å²) in [4.78, 5) is 6.00. The van der Waals surface area contributed by atoms with Crippen molar-refractivity contribution in [2.24, 2.45) is 0 Å². The van der Waals surface area contributed by atoms with Gasteiger partial charge in [-0.3, -0.25) is 0 Å². The Hall–Kier alpha value is -1.36. The first kappa shape index (κ1) is 14.6. The van der Waals surface area contributed by atoms with Crippen LogP contribution >= 0.6 is 23.1 Å². The van der Waals surface area contributed by atoms with E-state index in [1.807, 2.05) is 6.07 Å². The van der Waals surface area contributed by atoms with Crippen molar-refractivity contribution in [1.29, 1.82) is 0 Å². The van der Waals surface area contributed by atoms with Crippen molar-refractivity contribution in [2.45, 2.75) is 29.1 Å². The summed E-state index contributed by atoms with van der Waals surface area (Å²) in [5.74, 6) is 0. The zero-order valence-corrected chi connectivity index (χ0v) is 13.6. The smallest absolute Gasteiger partial charge is 0.155 e. The normalized spacial score (nSPS) is 11.1. The number of rotatable bonds is 6. The highest BCUT2D eigenvalue weighted by atomic mass is 32.2. The molecular weight excluding hydrogens is 296 g/mol. The van der Waals surface area contributed by atoms with Crippen LogP contribution in [0.25, 0.3) is 10.2 Å². The lowest BCUT2D eigenvalue weighted by atomic mass is 10.2. The van der Waals surface area contributed by atoms with Crippen LogP contribution < -0.4 is 5.32 Å². The number of thiazole rings is 1. The summed E-state index contributed by atoms with van der Waals surface area (Å²) in [7, 11) is 0. The average Bonchev–Trinajstić information content (AvgIpc) is 2.91. The molecule has 0 amide bonds. The van der Waals surface area contributed by atoms with Crippen LogP contribution in [0, 0.1) is 0 Å². The number of hydrogen-bond acceptors (Lipinski definition) is 4. The van der Waals surface area contributed by atoms with Gasteiger partial charge in [0.15, 0.2) is 4.34 Å². The van der Waals surface area contributed by atoms with Crippen molar-refractivity contribution in [3.8, 4) is 0 Å². The molecule has 0 saturated carbocycles. The Morgan fingerprint density at radius 2 is 1.90 bits per heavy atom. The second-order valence-electron chi connectivity index (χ2n) is 4.83. The van der Waals surface area contributed by atoms with Crippen LogP contribution in [-0.4, -0.2) is 11.5 Å². The minimum atomic E-state index is 0.919. The molecule has 0 bridgehead atoms. The molecule has 3 aromatic rings. The van der Waals surface area contributed by atoms with Gasteiger partial charge in [-0.05, 0) is 36.7 Å². The summed E-state index contributed by atoms with van der Waals surface area (Å²) >= 11 is 3.53. The van der Waals surface area contributed by atoms with Gasteiger partial charge in [0.2, 0.25) is 0 Å². The van der Waals surface area contributed by atoms with Crippen LogP contribution in [0.5, 0.6) is 0 Å². The maximum atomic E-state index is 4.71. The van der Waals surface area contributed by atoms with E-state index in [1.165, 1.54) is 15.2 Å². The third-order valence-corrected chi connectivity index (χ3v) is 5.40. The molecule has 1 N–H and O–H groups in total. The van der Waals surface area contributed by atoms with E-state index in [0.717, 1.165) is 29.4 Å². The second-order valence-corrected chi connectivity index (χ2v) is 7.15. The molecule has 2 nitrogen and oxygen atoms in total. The summed E-state index contributed by atoms with van der Waals surface area (Å²) in [5.41, 5.74) is 2.43. The van der Waals surface area contributed by atoms with Crippen molar-refractivity contribution in [3.05, 3.63) is 54.1 Å². The van der Waals surface area contributed by atoms with E-state index < -0.39 is 0 Å². The third-order valence-electron chi connectivity index (χ3n) is 3.19. The summed E-state index contributed by atoms with van der Waals surface area (Å²) in [6.45, 7) is 4.16. The van der Waals surface area contributed by atoms with Gasteiger partial charge in [0.1, 0.15) is 0 Å². The average molecular weight is 314 g/mol. The van der Waals surface area contributed by atoms with Crippen molar-refractivity contribution >= 4 is 33.3 Å². The third kappa shape index (κ3) is 3.64. The number of benzene rings is 2. The van der Waals surface area contributed by atoms with E-state index in [-0.39, 0.29) is 0 Å². The molecule has 3 rings (SSSR count). The van der Waals surface area contributed by atoms with Gasteiger partial charge in [-0.15, -0.1) is 11.3 Å². The van der Waals surface area contributed by atoms with Crippen molar-refractivity contribution in [3.63, 3.8) is 0 Å². The Kier molecular flexibility index (Phi) is 4.91. The predicted molar refractivity (Wildman–Crippen MR) is 92.2 cm³/mol. The SMILES string of the molecule is CCCNCc1ccccc1Sc1nc2ccccc2s1. The molecule has 0 atom stereocenters. The van der Waals surface area contributed by atoms with E-state index >= 15 is 0 Å². The van der Waals surface area contributed by atoms with Gasteiger partial charge in [-0.1, -0.05) is 49.0 Å². The van der Waals surface area contributed by atoms with Crippen molar-refractivity contribution < 1.29 is 0 Å². The molecule has 0 aliphatic carbocycles. The van der Waals surface area contributed by atoms with E-state index in [0.29, 0.717) is 0 Å². The van der Waals surface area contributed by atoms with Gasteiger partial charge >= 0.3 is 0 Å². The number of para-hydroxylation sites is 1. The van der Waals surface area contributed by atoms with E-state index in [4.69, 9.17) is 4.98 Å². The number of nitrogens with zero attached hydrogens (tertiary/aromatic N) is 1. The molecule has 108 valence electrons. The number of hydrogen-bond donors (Lipinski definition) is 1. The lowest BCUT2D eigenvalue weighted by Gasteiger charge is -2.08. The fourth-order valence-electron chi connectivity index (χ4n) is 2.14. The summed E-state index contributed by atoms with van der Waals surface area (Å²) in [6, 6.07) is 16.9. The largest absolute Gasteiger partial charge is 0.313 e. The van der Waals surface area contributed by atoms with Crippen LogP contribution in [0.4, 0.5) is 0 Å². The summed E-state index contributed by atoms with van der Waals surface area (Å²) in [6.07, 6.45) is 1.16. The molecule has 0 saturated heterocycles. The molecular formula is C17H18N2S2. The molecule has 0 spiro atoms. The van der Waals surface area contributed by atoms with Gasteiger partial charge in [0.05, 0.1) is 10.2 Å². The maximum absolute atomic E-state index is 4.71. The predicted octanol–water partition coefficient (Wildman–Crippen LogP) is 4.95. The highest BCUT2D eigenvalue weighted by Gasteiger charge is 2.08. The standard InChI is InChI=1S/C17H18N2S2/c1-2-11-18-12-13-7-3-5-9-15(13)20-17-19-14-8-4-6-10-16(14)21-17/h3-10,18H,2,11-12H2,1H3. The highest BCUT2D eigenvalue weighted by Crippen LogP contribution is 2.35. The number of nitrogens with one attached hydrogen (secondary N) is 1. The van der Waals surface area contributed by atoms with Crippen LogP contribution in [0.1, 0.15) is 18.9 Å². The first-order chi connectivity index (χ1) is 10.4. The second kappa shape index (κ2) is 7.07. The first-order valence-corrected chi connectivity index (χ1v) is 8.82. The Morgan fingerprint density at radius 3 is 2.76 bits per heavy atom. The minimum Gasteiger partial charge on any atom is -0.313 e. The molecule has 1 aromatic heterocycles. The highest BCUT2D eigenvalue weighted by molar-refractivity contribution is 8.01. The quantitative estimate of drug-likeness (QED) is 0.652. The van der Waals surface area contributed by atoms with Crippen LogP contribution in [0.15, 0.2) is 57.8 Å². The number of fused-ring (bicyclic) bond motifs is 1. The fraction of sp³-hybridized carbons (Fsp3) is 0.235. The van der Waals surface area contributed by atoms with Crippen LogP contribution in [0.3, 0.4) is 0 Å². The monoisotopic (exact) mass is 314 g/mol. The summed E-state index contributed by atoms with van der Waals surface area (Å²) < 4.78 is 2.36. The van der Waals surface area contributed by atoms with Crippen LogP contribution in [0.2, 0.25) is 0 Å². The molecule has 1 heterocycles. The van der Waals surface area contributed by atoms with Gasteiger partial charge in [-0.2, -0.15) is 0 Å². The van der Waals surface area contributed by atoms with Crippen molar-refractivity contribution in [2.75, 3.05) is 6.54 Å². The molecule has 0 aliphatic heterocycles. The van der Waals surface area contributed by atoms with Gasteiger partial charge in [-0.25, -0.2) is 4.98 Å². The molecule has 0 unspecified atom stereocenters. The van der Waals surface area contributed by atoms with E-state index in [9.17, 15) is 0 Å². The molecule has 21 heavy (non-hydrogen) atoms. The Bertz CT molecular complexity index is 688. The number of aromatic nitrogens is 1. The molecule has 0 fully saturated rings. The van der Waals surface area contributed by atoms with Crippen LogP contribution in [-0.2, 0) is 6.54 Å². The van der Waals surface area contributed by atoms with Gasteiger partial charge < -0.3 is 5.32 Å². The molecule has 4 heteroatoms. The van der Waals surface area contributed by atoms with E-state index in [2.05, 4.69) is 54.7 Å². The Morgan fingerprint density at radius 1 is 1.10 bits per heavy atom. The summed E-state index contributed by atoms with van der Waals surface area (Å²) in [5, 5.41) is 3.47. The molecule has 0 aliphatic rings. The lowest BCUT2D eigenvalue weighted by molar-refractivity contribution is 0.669. The Balaban J connectivity index is 1.80. The minimum absolute atomic E-state index is 0.919. The first-order valence-electron chi connectivity index (χ1n) is 7.19. The van der Waals surface area contributed by atoms with Gasteiger partial charge in [0, 0.05) is 11.4 Å². The Labute approximate surface area is 133 Å². The van der Waals surface area contributed by atoms with E-state index in [1.54, 1.807) is 23.1 Å². The van der Waals surface area contributed by atoms with Gasteiger partial charge in [0.25, 0.3) is 0 Å². The maximum Gasteiger partial charge on any atom is 0.155 e.